The van der Waals surface area contributed by atoms with Gasteiger partial charge in [-0.2, -0.15) is 0 Å². The second-order valence-corrected chi connectivity index (χ2v) is 18.6. The number of carboxylic acid groups (broad SMARTS) is 1. The van der Waals surface area contributed by atoms with Crippen molar-refractivity contribution in [3.8, 4) is 0 Å². The summed E-state index contributed by atoms with van der Waals surface area (Å²) in [7, 11) is 0. The van der Waals surface area contributed by atoms with E-state index in [1.807, 2.05) is 6.92 Å². The molecule has 2 bridgehead atoms. The average molecular weight is 643 g/mol. The monoisotopic (exact) mass is 642 g/mol. The third-order valence-electron chi connectivity index (χ3n) is 16.6. The molecule has 0 radical (unpaired) electrons. The molecule has 0 amide bonds. The van der Waals surface area contributed by atoms with Gasteiger partial charge in [0.05, 0.1) is 6.10 Å². The van der Waals surface area contributed by atoms with Crippen LogP contribution < -0.4 is 0 Å². The van der Waals surface area contributed by atoms with Crippen LogP contribution in [0.4, 0.5) is 0 Å². The Morgan fingerprint density at radius 3 is 2.39 bits per heavy atom. The van der Waals surface area contributed by atoms with Gasteiger partial charge in [-0.25, -0.2) is 9.78 Å². The molecule has 0 unspecified atom stereocenters. The number of ether oxygens (including phenoxy) is 3. The summed E-state index contributed by atoms with van der Waals surface area (Å²) >= 11 is 0. The van der Waals surface area contributed by atoms with E-state index in [0.29, 0.717) is 46.8 Å². The van der Waals surface area contributed by atoms with Gasteiger partial charge in [0, 0.05) is 24.7 Å². The Hall–Kier alpha value is -0.730. The maximum absolute atomic E-state index is 11.3. The fraction of sp³-hybridized carbons (Fsp3) is 0.974. The first-order chi connectivity index (χ1) is 21.9. The van der Waals surface area contributed by atoms with Crippen LogP contribution in [0.15, 0.2) is 0 Å². The van der Waals surface area contributed by atoms with Crippen LogP contribution in [0.1, 0.15) is 138 Å². The smallest absolute Gasteiger partial charge is 0.303 e. The SMILES string of the molecule is C[C@H]1[C@@H](O[C@@H]2CC[C@@]3(C)[C@H](CC[C@@H]4[C@@H]3CC[C@]3(C)[C@@H]([C@H](C)CCC(=O)O)CC[C@@H]43)C2)O[C@@H]2O[C@]3(C)CC[C@H]4[C@H](C)CC[C@@H]1[C@@]24OO3. The maximum Gasteiger partial charge on any atom is 0.303 e. The third-order valence-corrected chi connectivity index (χ3v) is 16.6. The zero-order chi connectivity index (χ0) is 32.2. The van der Waals surface area contributed by atoms with Crippen molar-refractivity contribution in [1.29, 1.82) is 0 Å². The van der Waals surface area contributed by atoms with Crippen molar-refractivity contribution in [2.45, 2.75) is 168 Å². The summed E-state index contributed by atoms with van der Waals surface area (Å²) in [5.41, 5.74) is 0.255. The maximum atomic E-state index is 11.3. The molecule has 4 saturated heterocycles. The lowest BCUT2D eigenvalue weighted by atomic mass is 9.44. The van der Waals surface area contributed by atoms with Gasteiger partial charge >= 0.3 is 5.97 Å². The van der Waals surface area contributed by atoms with Crippen molar-refractivity contribution >= 4 is 5.97 Å². The van der Waals surface area contributed by atoms with Gasteiger partial charge in [-0.1, -0.05) is 34.6 Å². The Labute approximate surface area is 277 Å². The van der Waals surface area contributed by atoms with Crippen LogP contribution in [0.5, 0.6) is 0 Å². The Balaban J connectivity index is 0.942. The third kappa shape index (κ3) is 4.77. The predicted molar refractivity (Wildman–Crippen MR) is 173 cm³/mol. The molecule has 9 fully saturated rings. The summed E-state index contributed by atoms with van der Waals surface area (Å²) in [6.07, 6.45) is 16.4. The van der Waals surface area contributed by atoms with Gasteiger partial charge in [-0.15, -0.1) is 0 Å². The summed E-state index contributed by atoms with van der Waals surface area (Å²) < 4.78 is 20.5. The summed E-state index contributed by atoms with van der Waals surface area (Å²) in [5, 5.41) is 9.32. The number of fused-ring (bicyclic) bond motifs is 7. The normalized spacial score (nSPS) is 56.6. The van der Waals surface area contributed by atoms with Crippen LogP contribution >= 0.6 is 0 Å². The summed E-state index contributed by atoms with van der Waals surface area (Å²) in [5.74, 6) is 4.46. The average Bonchev–Trinajstić information content (AvgIpc) is 3.22. The molecule has 9 aliphatic rings. The summed E-state index contributed by atoms with van der Waals surface area (Å²) in [4.78, 5) is 23.7. The lowest BCUT2D eigenvalue weighted by Crippen LogP contribution is -2.70. The van der Waals surface area contributed by atoms with Crippen LogP contribution in [0.25, 0.3) is 0 Å². The van der Waals surface area contributed by atoms with E-state index in [1.165, 1.54) is 51.4 Å². The molecular formula is C39H62O7. The Kier molecular flexibility index (Phi) is 8.05. The van der Waals surface area contributed by atoms with Crippen LogP contribution in [-0.4, -0.2) is 41.1 Å². The van der Waals surface area contributed by atoms with Gasteiger partial charge in [0.15, 0.2) is 18.2 Å². The standard InChI is InChI=1S/C39H62O7/c1-22(8-14-33(40)41)28-12-13-31-27-10-9-25-21-26(15-18-36(25,4)32(27)16-19-37(28,31)5)42-34-24(3)30-11-7-23(2)29-17-20-38(6)44-35(43-34)39(29,30)46-45-38/h22-32,34-35H,7-21H2,1-6H3,(H,40,41)/t22-,23-,24-,25-,26-,27+,28-,29+,30+,31+,32+,34+,35-,36+,37-,38+,39-/m1/s1. The number of rotatable bonds is 6. The van der Waals surface area contributed by atoms with Gasteiger partial charge in [0.25, 0.3) is 0 Å². The second-order valence-electron chi connectivity index (χ2n) is 18.6. The number of hydrogen-bond donors (Lipinski definition) is 1. The number of aliphatic carboxylic acids is 1. The van der Waals surface area contributed by atoms with Crippen molar-refractivity contribution in [3.63, 3.8) is 0 Å². The minimum atomic E-state index is -0.750. The molecule has 9 rings (SSSR count). The van der Waals surface area contributed by atoms with Crippen LogP contribution in [0.3, 0.4) is 0 Å². The molecule has 1 spiro atoms. The minimum Gasteiger partial charge on any atom is -0.481 e. The van der Waals surface area contributed by atoms with Gasteiger partial charge in [-0.05, 0) is 149 Å². The highest BCUT2D eigenvalue weighted by Crippen LogP contribution is 2.69. The van der Waals surface area contributed by atoms with Crippen molar-refractivity contribution in [1.82, 2.24) is 0 Å². The zero-order valence-electron chi connectivity index (χ0n) is 29.5. The quantitative estimate of drug-likeness (QED) is 0.229. The van der Waals surface area contributed by atoms with E-state index in [1.54, 1.807) is 0 Å². The molecule has 4 aliphatic heterocycles. The molecule has 0 aromatic heterocycles. The topological polar surface area (TPSA) is 83.5 Å². The zero-order valence-corrected chi connectivity index (χ0v) is 29.5. The molecule has 1 N–H and O–H groups in total. The first kappa shape index (κ1) is 32.5. The first-order valence-electron chi connectivity index (χ1n) is 19.5. The molecule has 5 saturated carbocycles. The van der Waals surface area contributed by atoms with Crippen LogP contribution in [0.2, 0.25) is 0 Å². The Morgan fingerprint density at radius 2 is 1.59 bits per heavy atom. The van der Waals surface area contributed by atoms with Gasteiger partial charge in [-0.3, -0.25) is 4.79 Å². The molecule has 4 heterocycles. The van der Waals surface area contributed by atoms with Gasteiger partial charge in [0.1, 0.15) is 0 Å². The van der Waals surface area contributed by atoms with E-state index in [9.17, 15) is 9.90 Å². The molecule has 5 aliphatic carbocycles. The summed E-state index contributed by atoms with van der Waals surface area (Å²) in [6, 6.07) is 0. The van der Waals surface area contributed by atoms with E-state index in [0.717, 1.165) is 62.2 Å². The van der Waals surface area contributed by atoms with Crippen molar-refractivity contribution in [2.24, 2.45) is 70.0 Å². The number of carbonyl (C=O) groups is 1. The molecule has 7 heteroatoms. The molecule has 260 valence electrons. The lowest BCUT2D eigenvalue weighted by Gasteiger charge is -2.62. The molecular weight excluding hydrogens is 580 g/mol. The van der Waals surface area contributed by atoms with Crippen molar-refractivity contribution < 1.29 is 33.9 Å². The number of hydrogen-bond acceptors (Lipinski definition) is 6. The van der Waals surface area contributed by atoms with Crippen molar-refractivity contribution in [2.75, 3.05) is 0 Å². The van der Waals surface area contributed by atoms with Gasteiger partial charge < -0.3 is 19.3 Å². The van der Waals surface area contributed by atoms with E-state index in [4.69, 9.17) is 24.0 Å². The fourth-order valence-electron chi connectivity index (χ4n) is 14.1. The van der Waals surface area contributed by atoms with E-state index < -0.39 is 23.6 Å². The molecule has 0 aromatic carbocycles. The highest BCUT2D eigenvalue weighted by Gasteiger charge is 2.70. The Morgan fingerprint density at radius 1 is 0.848 bits per heavy atom. The van der Waals surface area contributed by atoms with Gasteiger partial charge in [0.2, 0.25) is 5.79 Å². The fourth-order valence-corrected chi connectivity index (χ4v) is 14.1. The van der Waals surface area contributed by atoms with Crippen LogP contribution in [0, 0.1) is 70.0 Å². The predicted octanol–water partition coefficient (Wildman–Crippen LogP) is 8.74. The Bertz CT molecular complexity index is 1180. The largest absolute Gasteiger partial charge is 0.481 e. The van der Waals surface area contributed by atoms with E-state index in [2.05, 4.69) is 34.6 Å². The first-order valence-corrected chi connectivity index (χ1v) is 19.5. The minimum absolute atomic E-state index is 0.231. The lowest BCUT2D eigenvalue weighted by molar-refractivity contribution is -0.578. The molecule has 7 nitrogen and oxygen atoms in total. The highest BCUT2D eigenvalue weighted by molar-refractivity contribution is 5.66. The van der Waals surface area contributed by atoms with E-state index in [-0.39, 0.29) is 18.3 Å². The number of carboxylic acids is 1. The van der Waals surface area contributed by atoms with Crippen molar-refractivity contribution in [3.05, 3.63) is 0 Å². The second kappa shape index (κ2) is 11.4. The molecule has 0 aromatic rings. The van der Waals surface area contributed by atoms with Crippen LogP contribution in [-0.2, 0) is 28.8 Å². The molecule has 17 atom stereocenters. The van der Waals surface area contributed by atoms with E-state index >= 15 is 0 Å². The summed E-state index contributed by atoms with van der Waals surface area (Å²) in [6.45, 7) is 14.3. The highest BCUT2D eigenvalue weighted by atomic mass is 17.3. The molecule has 46 heavy (non-hydrogen) atoms.